The molecule has 0 bridgehead atoms. The van der Waals surface area contributed by atoms with E-state index in [2.05, 4.69) is 15.6 Å². The van der Waals surface area contributed by atoms with Crippen molar-refractivity contribution in [2.45, 2.75) is 12.8 Å². The highest BCUT2D eigenvalue weighted by atomic mass is 32.1. The fourth-order valence-electron chi connectivity index (χ4n) is 2.36. The molecule has 0 spiro atoms. The maximum atomic E-state index is 12.1. The molecule has 1 aliphatic heterocycles. The Bertz CT molecular complexity index is 576. The molecule has 1 fully saturated rings. The molecule has 5 heteroatoms. The Morgan fingerprint density at radius 3 is 2.75 bits per heavy atom. The second-order valence-corrected chi connectivity index (χ2v) is 5.78. The van der Waals surface area contributed by atoms with Crippen molar-refractivity contribution in [3.8, 4) is 11.3 Å². The lowest BCUT2D eigenvalue weighted by molar-refractivity contribution is -0.120. The average molecular weight is 287 g/mol. The van der Waals surface area contributed by atoms with Crippen molar-refractivity contribution in [3.63, 3.8) is 0 Å². The van der Waals surface area contributed by atoms with Crippen LogP contribution in [0.25, 0.3) is 11.3 Å². The van der Waals surface area contributed by atoms with Gasteiger partial charge in [-0.1, -0.05) is 30.3 Å². The molecule has 4 nitrogen and oxygen atoms in total. The van der Waals surface area contributed by atoms with Gasteiger partial charge in [0.15, 0.2) is 5.13 Å². The van der Waals surface area contributed by atoms with Gasteiger partial charge in [-0.3, -0.25) is 4.79 Å². The molecule has 1 aromatic heterocycles. The second kappa shape index (κ2) is 6.15. The summed E-state index contributed by atoms with van der Waals surface area (Å²) in [6.45, 7) is 1.84. The minimum atomic E-state index is 0.0976. The van der Waals surface area contributed by atoms with E-state index in [1.807, 2.05) is 35.7 Å². The normalized spacial score (nSPS) is 16.0. The highest BCUT2D eigenvalue weighted by Crippen LogP contribution is 2.25. The van der Waals surface area contributed by atoms with Gasteiger partial charge in [0.1, 0.15) is 0 Å². The van der Waals surface area contributed by atoms with Crippen LogP contribution in [0.4, 0.5) is 5.13 Å². The highest BCUT2D eigenvalue weighted by molar-refractivity contribution is 7.14. The highest BCUT2D eigenvalue weighted by Gasteiger charge is 2.21. The molecule has 3 rings (SSSR count). The first-order valence-electron chi connectivity index (χ1n) is 6.85. The van der Waals surface area contributed by atoms with Gasteiger partial charge in [0.05, 0.1) is 5.69 Å². The molecule has 1 aliphatic rings. The van der Waals surface area contributed by atoms with Gasteiger partial charge >= 0.3 is 0 Å². The van der Waals surface area contributed by atoms with Crippen LogP contribution >= 0.6 is 11.3 Å². The number of carbonyl (C=O) groups is 1. The SMILES string of the molecule is O=C(Nc1nc(-c2ccccc2)cs1)C1CCNCC1. The molecule has 1 amide bonds. The Morgan fingerprint density at radius 1 is 1.25 bits per heavy atom. The molecule has 1 saturated heterocycles. The average Bonchev–Trinajstić information content (AvgIpc) is 2.97. The van der Waals surface area contributed by atoms with E-state index in [1.54, 1.807) is 0 Å². The molecule has 0 unspecified atom stereocenters. The van der Waals surface area contributed by atoms with Crippen molar-refractivity contribution in [2.24, 2.45) is 5.92 Å². The van der Waals surface area contributed by atoms with Gasteiger partial charge in [-0.2, -0.15) is 0 Å². The van der Waals surface area contributed by atoms with E-state index in [0.29, 0.717) is 5.13 Å². The number of hydrogen-bond donors (Lipinski definition) is 2. The molecule has 2 aromatic rings. The summed E-state index contributed by atoms with van der Waals surface area (Å²) in [5.41, 5.74) is 1.99. The van der Waals surface area contributed by atoms with E-state index in [1.165, 1.54) is 11.3 Å². The molecule has 1 aromatic carbocycles. The summed E-state index contributed by atoms with van der Waals surface area (Å²) in [6.07, 6.45) is 1.81. The largest absolute Gasteiger partial charge is 0.317 e. The van der Waals surface area contributed by atoms with Crippen molar-refractivity contribution in [3.05, 3.63) is 35.7 Å². The molecule has 20 heavy (non-hydrogen) atoms. The molecule has 0 aliphatic carbocycles. The van der Waals surface area contributed by atoms with Gasteiger partial charge < -0.3 is 10.6 Å². The second-order valence-electron chi connectivity index (χ2n) is 4.92. The lowest BCUT2D eigenvalue weighted by Crippen LogP contribution is -2.34. The van der Waals surface area contributed by atoms with Crippen molar-refractivity contribution in [1.29, 1.82) is 0 Å². The van der Waals surface area contributed by atoms with Gasteiger partial charge in [0.25, 0.3) is 0 Å². The zero-order chi connectivity index (χ0) is 13.8. The Morgan fingerprint density at radius 2 is 2.00 bits per heavy atom. The van der Waals surface area contributed by atoms with E-state index >= 15 is 0 Å². The van der Waals surface area contributed by atoms with E-state index in [-0.39, 0.29) is 11.8 Å². The summed E-state index contributed by atoms with van der Waals surface area (Å²) >= 11 is 1.48. The van der Waals surface area contributed by atoms with E-state index < -0.39 is 0 Å². The molecule has 2 heterocycles. The summed E-state index contributed by atoms with van der Waals surface area (Å²) in [4.78, 5) is 16.6. The van der Waals surface area contributed by atoms with Crippen LogP contribution in [0.1, 0.15) is 12.8 Å². The van der Waals surface area contributed by atoms with Crippen LogP contribution in [0.5, 0.6) is 0 Å². The number of anilines is 1. The van der Waals surface area contributed by atoms with Crippen molar-refractivity contribution in [1.82, 2.24) is 10.3 Å². The van der Waals surface area contributed by atoms with Crippen LogP contribution in [0, 0.1) is 5.92 Å². The zero-order valence-corrected chi connectivity index (χ0v) is 12.0. The van der Waals surface area contributed by atoms with E-state index in [0.717, 1.165) is 37.2 Å². The number of amides is 1. The fourth-order valence-corrected chi connectivity index (χ4v) is 3.09. The number of carbonyl (C=O) groups excluding carboxylic acids is 1. The molecule has 104 valence electrons. The monoisotopic (exact) mass is 287 g/mol. The van der Waals surface area contributed by atoms with Crippen LogP contribution in [0.2, 0.25) is 0 Å². The topological polar surface area (TPSA) is 54.0 Å². The zero-order valence-electron chi connectivity index (χ0n) is 11.1. The van der Waals surface area contributed by atoms with Gasteiger partial charge in [-0.05, 0) is 25.9 Å². The lowest BCUT2D eigenvalue weighted by atomic mass is 9.97. The number of nitrogens with one attached hydrogen (secondary N) is 2. The maximum absolute atomic E-state index is 12.1. The number of hydrogen-bond acceptors (Lipinski definition) is 4. The Hall–Kier alpha value is -1.72. The molecule has 0 saturated carbocycles. The summed E-state index contributed by atoms with van der Waals surface area (Å²) in [7, 11) is 0. The Labute approximate surface area is 122 Å². The number of nitrogens with zero attached hydrogens (tertiary/aromatic N) is 1. The van der Waals surface area contributed by atoms with Crippen LogP contribution in [-0.2, 0) is 4.79 Å². The maximum Gasteiger partial charge on any atom is 0.229 e. The summed E-state index contributed by atoms with van der Waals surface area (Å²) in [6, 6.07) is 10.0. The number of rotatable bonds is 3. The van der Waals surface area contributed by atoms with Gasteiger partial charge in [-0.25, -0.2) is 4.98 Å². The third-order valence-corrected chi connectivity index (χ3v) is 4.27. The quantitative estimate of drug-likeness (QED) is 0.912. The number of thiazole rings is 1. The molecular weight excluding hydrogens is 270 g/mol. The van der Waals surface area contributed by atoms with Gasteiger partial charge in [0.2, 0.25) is 5.91 Å². The summed E-state index contributed by atoms with van der Waals surface area (Å²) < 4.78 is 0. The predicted molar refractivity (Wildman–Crippen MR) is 81.8 cm³/mol. The third-order valence-electron chi connectivity index (χ3n) is 3.51. The molecular formula is C15H17N3OS. The first kappa shape index (κ1) is 13.3. The Balaban J connectivity index is 1.66. The van der Waals surface area contributed by atoms with Crippen LogP contribution in [0.3, 0.4) is 0 Å². The van der Waals surface area contributed by atoms with Crippen molar-refractivity contribution in [2.75, 3.05) is 18.4 Å². The number of piperidine rings is 1. The third kappa shape index (κ3) is 3.05. The molecule has 2 N–H and O–H groups in total. The number of aromatic nitrogens is 1. The van der Waals surface area contributed by atoms with Crippen LogP contribution in [-0.4, -0.2) is 24.0 Å². The fraction of sp³-hybridized carbons (Fsp3) is 0.333. The first-order chi connectivity index (χ1) is 9.83. The summed E-state index contributed by atoms with van der Waals surface area (Å²) in [5.74, 6) is 0.209. The molecule has 0 atom stereocenters. The lowest BCUT2D eigenvalue weighted by Gasteiger charge is -2.20. The standard InChI is InChI=1S/C15H17N3OS/c19-14(12-6-8-16-9-7-12)18-15-17-13(10-20-15)11-4-2-1-3-5-11/h1-5,10,12,16H,6-9H2,(H,17,18,19). The van der Waals surface area contributed by atoms with Crippen LogP contribution in [0.15, 0.2) is 35.7 Å². The molecule has 0 radical (unpaired) electrons. The summed E-state index contributed by atoms with van der Waals surface area (Å²) in [5, 5.41) is 8.88. The Kier molecular flexibility index (Phi) is 4.08. The van der Waals surface area contributed by atoms with Crippen LogP contribution < -0.4 is 10.6 Å². The van der Waals surface area contributed by atoms with E-state index in [4.69, 9.17) is 0 Å². The smallest absolute Gasteiger partial charge is 0.229 e. The van der Waals surface area contributed by atoms with Gasteiger partial charge in [-0.15, -0.1) is 11.3 Å². The predicted octanol–water partition coefficient (Wildman–Crippen LogP) is 2.75. The number of benzene rings is 1. The van der Waals surface area contributed by atoms with Crippen molar-refractivity contribution < 1.29 is 4.79 Å². The van der Waals surface area contributed by atoms with Gasteiger partial charge in [0, 0.05) is 16.9 Å². The van der Waals surface area contributed by atoms with E-state index in [9.17, 15) is 4.79 Å². The minimum Gasteiger partial charge on any atom is -0.317 e. The van der Waals surface area contributed by atoms with Crippen molar-refractivity contribution >= 4 is 22.4 Å². The minimum absolute atomic E-state index is 0.0976. The first-order valence-corrected chi connectivity index (χ1v) is 7.73.